The molecular weight excluding hydrogens is 332 g/mol. The van der Waals surface area contributed by atoms with Crippen LogP contribution in [0.4, 0.5) is 0 Å². The maximum Gasteiger partial charge on any atom is 0.329 e. The molecule has 1 aliphatic rings. The molecule has 6 heteroatoms. The fraction of sp³-hybridized carbons (Fsp3) is 0.550. The fourth-order valence-corrected chi connectivity index (χ4v) is 2.95. The summed E-state index contributed by atoms with van der Waals surface area (Å²) in [4.78, 5) is 38.7. The Morgan fingerprint density at radius 3 is 2.23 bits per heavy atom. The number of nitrogens with one attached hydrogen (secondary N) is 1. The van der Waals surface area contributed by atoms with Gasteiger partial charge in [-0.05, 0) is 30.9 Å². The predicted molar refractivity (Wildman–Crippen MR) is 98.5 cm³/mol. The minimum absolute atomic E-state index is 0.150. The third kappa shape index (κ3) is 5.86. The summed E-state index contributed by atoms with van der Waals surface area (Å²) in [6, 6.07) is 7.91. The molecule has 1 aliphatic heterocycles. The van der Waals surface area contributed by atoms with Gasteiger partial charge >= 0.3 is 5.97 Å². The van der Waals surface area contributed by atoms with Gasteiger partial charge in [0.25, 0.3) is 11.8 Å². The van der Waals surface area contributed by atoms with Crippen molar-refractivity contribution in [3.63, 3.8) is 0 Å². The van der Waals surface area contributed by atoms with Gasteiger partial charge in [0, 0.05) is 18.7 Å². The normalized spacial score (nSPS) is 15.9. The molecule has 0 aliphatic carbocycles. The molecule has 6 nitrogen and oxygen atoms in total. The molecule has 142 valence electrons. The van der Waals surface area contributed by atoms with Gasteiger partial charge in [0.15, 0.2) is 6.61 Å². The first-order valence-electron chi connectivity index (χ1n) is 9.29. The van der Waals surface area contributed by atoms with E-state index in [9.17, 15) is 14.4 Å². The van der Waals surface area contributed by atoms with Crippen molar-refractivity contribution in [1.82, 2.24) is 10.2 Å². The molecule has 1 heterocycles. The van der Waals surface area contributed by atoms with Crippen molar-refractivity contribution in [2.45, 2.75) is 45.6 Å². The fourth-order valence-electron chi connectivity index (χ4n) is 2.95. The first-order chi connectivity index (χ1) is 12.5. The summed E-state index contributed by atoms with van der Waals surface area (Å²) >= 11 is 0. The minimum Gasteiger partial charge on any atom is -0.454 e. The van der Waals surface area contributed by atoms with Gasteiger partial charge in [-0.1, -0.05) is 44.9 Å². The van der Waals surface area contributed by atoms with Gasteiger partial charge in [-0.2, -0.15) is 0 Å². The first-order valence-corrected chi connectivity index (χ1v) is 9.29. The zero-order chi connectivity index (χ0) is 18.9. The molecule has 1 N–H and O–H groups in total. The van der Waals surface area contributed by atoms with Gasteiger partial charge in [-0.3, -0.25) is 9.59 Å². The van der Waals surface area contributed by atoms with E-state index in [4.69, 9.17) is 4.74 Å². The largest absolute Gasteiger partial charge is 0.454 e. The molecule has 1 aromatic rings. The third-order valence-corrected chi connectivity index (χ3v) is 4.54. The van der Waals surface area contributed by atoms with Crippen molar-refractivity contribution in [3.05, 3.63) is 35.9 Å². The molecule has 0 radical (unpaired) electrons. The number of amides is 2. The lowest BCUT2D eigenvalue weighted by atomic mass is 10.0. The Morgan fingerprint density at radius 2 is 1.65 bits per heavy atom. The molecule has 1 saturated heterocycles. The highest BCUT2D eigenvalue weighted by molar-refractivity contribution is 5.97. The second-order valence-corrected chi connectivity index (χ2v) is 6.96. The molecule has 26 heavy (non-hydrogen) atoms. The van der Waals surface area contributed by atoms with Crippen LogP contribution in [-0.4, -0.2) is 48.4 Å². The third-order valence-electron chi connectivity index (χ3n) is 4.54. The molecule has 2 rings (SSSR count). The van der Waals surface area contributed by atoms with E-state index < -0.39 is 12.0 Å². The van der Waals surface area contributed by atoms with Crippen LogP contribution in [0, 0.1) is 5.92 Å². The van der Waals surface area contributed by atoms with Crippen molar-refractivity contribution in [3.8, 4) is 0 Å². The lowest BCUT2D eigenvalue weighted by molar-refractivity contribution is -0.154. The van der Waals surface area contributed by atoms with E-state index in [-0.39, 0.29) is 24.3 Å². The number of hydrogen-bond donors (Lipinski definition) is 1. The van der Waals surface area contributed by atoms with Crippen LogP contribution in [-0.2, 0) is 14.3 Å². The smallest absolute Gasteiger partial charge is 0.329 e. The van der Waals surface area contributed by atoms with E-state index in [1.54, 1.807) is 29.2 Å². The van der Waals surface area contributed by atoms with Crippen LogP contribution < -0.4 is 5.32 Å². The number of carbonyl (C=O) groups is 3. The molecule has 1 atom stereocenters. The Morgan fingerprint density at radius 1 is 1.04 bits per heavy atom. The quantitative estimate of drug-likeness (QED) is 0.791. The van der Waals surface area contributed by atoms with Gasteiger partial charge in [0.2, 0.25) is 0 Å². The van der Waals surface area contributed by atoms with E-state index in [2.05, 4.69) is 5.32 Å². The van der Waals surface area contributed by atoms with E-state index in [1.165, 1.54) is 0 Å². The van der Waals surface area contributed by atoms with Crippen LogP contribution >= 0.6 is 0 Å². The average molecular weight is 360 g/mol. The number of rotatable bonds is 6. The Kier molecular flexibility index (Phi) is 7.63. The highest BCUT2D eigenvalue weighted by atomic mass is 16.5. The average Bonchev–Trinajstić information content (AvgIpc) is 2.93. The molecule has 1 aromatic carbocycles. The molecule has 1 unspecified atom stereocenters. The number of esters is 1. The summed E-state index contributed by atoms with van der Waals surface area (Å²) in [6.07, 6.45) is 4.23. The minimum atomic E-state index is -0.792. The Bertz CT molecular complexity index is 607. The van der Waals surface area contributed by atoms with Crippen molar-refractivity contribution in [1.29, 1.82) is 0 Å². The van der Waals surface area contributed by atoms with Crippen molar-refractivity contribution < 1.29 is 19.1 Å². The molecule has 2 amide bonds. The van der Waals surface area contributed by atoms with Crippen LogP contribution in [0.25, 0.3) is 0 Å². The number of carbonyl (C=O) groups excluding carboxylic acids is 3. The molecule has 1 fully saturated rings. The summed E-state index contributed by atoms with van der Waals surface area (Å²) < 4.78 is 5.21. The lowest BCUT2D eigenvalue weighted by Crippen LogP contribution is -2.46. The zero-order valence-corrected chi connectivity index (χ0v) is 15.6. The van der Waals surface area contributed by atoms with Crippen LogP contribution in [0.2, 0.25) is 0 Å². The summed E-state index contributed by atoms with van der Waals surface area (Å²) in [6.45, 7) is 4.81. The highest BCUT2D eigenvalue weighted by Gasteiger charge is 2.27. The van der Waals surface area contributed by atoms with E-state index >= 15 is 0 Å². The number of likely N-dealkylation sites (tertiary alicyclic amines) is 1. The zero-order valence-electron chi connectivity index (χ0n) is 15.6. The molecule has 0 spiro atoms. The Balaban J connectivity index is 1.89. The summed E-state index contributed by atoms with van der Waals surface area (Å²) in [5.41, 5.74) is 0.478. The van der Waals surface area contributed by atoms with E-state index in [0.717, 1.165) is 38.8 Å². The van der Waals surface area contributed by atoms with E-state index in [0.29, 0.717) is 5.56 Å². The maximum absolute atomic E-state index is 12.4. The van der Waals surface area contributed by atoms with Gasteiger partial charge < -0.3 is 15.0 Å². The number of nitrogens with zero attached hydrogens (tertiary/aromatic N) is 1. The Labute approximate surface area is 154 Å². The maximum atomic E-state index is 12.4. The first kappa shape index (κ1) is 19.9. The van der Waals surface area contributed by atoms with Crippen LogP contribution in [0.15, 0.2) is 30.3 Å². The monoisotopic (exact) mass is 360 g/mol. The molecule has 0 saturated carbocycles. The van der Waals surface area contributed by atoms with Crippen molar-refractivity contribution >= 4 is 17.8 Å². The van der Waals surface area contributed by atoms with Gasteiger partial charge in [0.1, 0.15) is 6.04 Å². The van der Waals surface area contributed by atoms with Crippen LogP contribution in [0.3, 0.4) is 0 Å². The molecule has 0 aromatic heterocycles. The van der Waals surface area contributed by atoms with Gasteiger partial charge in [-0.25, -0.2) is 4.79 Å². The van der Waals surface area contributed by atoms with Crippen LogP contribution in [0.1, 0.15) is 49.9 Å². The summed E-state index contributed by atoms with van der Waals surface area (Å²) in [5, 5.41) is 2.71. The van der Waals surface area contributed by atoms with E-state index in [1.807, 2.05) is 19.9 Å². The molecular formula is C20H28N2O4. The summed E-state index contributed by atoms with van der Waals surface area (Å²) in [7, 11) is 0. The second-order valence-electron chi connectivity index (χ2n) is 6.96. The van der Waals surface area contributed by atoms with Crippen LogP contribution in [0.5, 0.6) is 0 Å². The number of hydrogen-bond acceptors (Lipinski definition) is 4. The topological polar surface area (TPSA) is 75.7 Å². The van der Waals surface area contributed by atoms with Crippen molar-refractivity contribution in [2.24, 2.45) is 5.92 Å². The van der Waals surface area contributed by atoms with Crippen molar-refractivity contribution in [2.75, 3.05) is 19.7 Å². The summed E-state index contributed by atoms with van der Waals surface area (Å²) in [5.74, 6) is -1.23. The lowest BCUT2D eigenvalue weighted by Gasteiger charge is -2.23. The van der Waals surface area contributed by atoms with Gasteiger partial charge in [0.05, 0.1) is 0 Å². The van der Waals surface area contributed by atoms with Gasteiger partial charge in [-0.15, -0.1) is 0 Å². The highest BCUT2D eigenvalue weighted by Crippen LogP contribution is 2.11. The Hall–Kier alpha value is -2.37. The SMILES string of the molecule is CC(C)C(NC(=O)c1ccccc1)C(=O)OCC(=O)N1CCCCCC1. The molecule has 0 bridgehead atoms. The number of ether oxygens (including phenoxy) is 1. The standard InChI is InChI=1S/C20H28N2O4/c1-15(2)18(21-19(24)16-10-6-5-7-11-16)20(25)26-14-17(23)22-12-8-3-4-9-13-22/h5-7,10-11,15,18H,3-4,8-9,12-14H2,1-2H3,(H,21,24). The predicted octanol–water partition coefficient (Wildman–Crippen LogP) is 2.39. The second kappa shape index (κ2) is 9.94. The number of benzene rings is 1.